The van der Waals surface area contributed by atoms with E-state index in [1.165, 1.54) is 0 Å². The minimum atomic E-state index is -3.56. The van der Waals surface area contributed by atoms with Crippen LogP contribution in [0, 0.1) is 13.8 Å². The van der Waals surface area contributed by atoms with Crippen LogP contribution in [0.5, 0.6) is 0 Å². The van der Waals surface area contributed by atoms with E-state index in [1.807, 2.05) is 39.8 Å². The Bertz CT molecular complexity index is 730. The molecular weight excluding hydrogens is 340 g/mol. The summed E-state index contributed by atoms with van der Waals surface area (Å²) in [6.45, 7) is 10.1. The van der Waals surface area contributed by atoms with Crippen molar-refractivity contribution >= 4 is 16.1 Å². The Balaban J connectivity index is 1.97. The summed E-state index contributed by atoms with van der Waals surface area (Å²) in [5.74, 6) is 0. The van der Waals surface area contributed by atoms with E-state index >= 15 is 0 Å². The summed E-state index contributed by atoms with van der Waals surface area (Å²) in [7, 11) is -3.56. The van der Waals surface area contributed by atoms with Crippen molar-refractivity contribution < 1.29 is 17.9 Å². The lowest BCUT2D eigenvalue weighted by molar-refractivity contribution is 0.0203. The van der Waals surface area contributed by atoms with Crippen molar-refractivity contribution in [1.29, 1.82) is 0 Å². The van der Waals surface area contributed by atoms with Gasteiger partial charge in [-0.15, -0.1) is 0 Å². The largest absolute Gasteiger partial charge is 0.444 e. The number of amides is 1. The monoisotopic (exact) mass is 368 g/mol. The molecule has 25 heavy (non-hydrogen) atoms. The molecule has 1 heterocycles. The lowest BCUT2D eigenvalue weighted by atomic mass is 10.1. The number of rotatable bonds is 3. The first kappa shape index (κ1) is 19.7. The van der Waals surface area contributed by atoms with Gasteiger partial charge >= 0.3 is 6.09 Å². The molecule has 1 fully saturated rings. The second kappa shape index (κ2) is 7.33. The average Bonchev–Trinajstić information content (AvgIpc) is 2.48. The highest BCUT2D eigenvalue weighted by molar-refractivity contribution is 7.89. The molecule has 7 heteroatoms. The minimum Gasteiger partial charge on any atom is -0.444 e. The molecule has 1 aromatic rings. The van der Waals surface area contributed by atoms with E-state index < -0.39 is 15.6 Å². The molecule has 0 atom stereocenters. The van der Waals surface area contributed by atoms with Crippen molar-refractivity contribution in [2.45, 2.75) is 64.0 Å². The molecule has 1 aromatic carbocycles. The molecule has 1 saturated heterocycles. The van der Waals surface area contributed by atoms with Gasteiger partial charge in [-0.3, -0.25) is 0 Å². The highest BCUT2D eigenvalue weighted by atomic mass is 32.2. The fourth-order valence-corrected chi connectivity index (χ4v) is 4.42. The first-order valence-corrected chi connectivity index (χ1v) is 10.0. The van der Waals surface area contributed by atoms with Gasteiger partial charge in [-0.05, 0) is 64.7 Å². The van der Waals surface area contributed by atoms with Crippen LogP contribution in [0.15, 0.2) is 23.1 Å². The van der Waals surface area contributed by atoms with Crippen LogP contribution in [0.1, 0.15) is 44.7 Å². The summed E-state index contributed by atoms with van der Waals surface area (Å²) in [5, 5.41) is 0. The summed E-state index contributed by atoms with van der Waals surface area (Å²) in [6.07, 6.45) is 0.801. The summed E-state index contributed by atoms with van der Waals surface area (Å²) in [4.78, 5) is 14.0. The molecule has 140 valence electrons. The van der Waals surface area contributed by atoms with Gasteiger partial charge in [0, 0.05) is 19.1 Å². The van der Waals surface area contributed by atoms with E-state index in [-0.39, 0.29) is 12.1 Å². The van der Waals surface area contributed by atoms with Crippen molar-refractivity contribution in [2.24, 2.45) is 0 Å². The number of hydrogen-bond acceptors (Lipinski definition) is 4. The average molecular weight is 368 g/mol. The number of carbonyl (C=O) groups is 1. The van der Waals surface area contributed by atoms with Gasteiger partial charge in [0.2, 0.25) is 10.0 Å². The number of hydrogen-bond donors (Lipinski definition) is 1. The van der Waals surface area contributed by atoms with Crippen LogP contribution >= 0.6 is 0 Å². The molecule has 0 spiro atoms. The first-order valence-electron chi connectivity index (χ1n) is 8.55. The van der Waals surface area contributed by atoms with Crippen LogP contribution < -0.4 is 4.72 Å². The van der Waals surface area contributed by atoms with Crippen LogP contribution in [-0.2, 0) is 14.8 Å². The Labute approximate surface area is 150 Å². The smallest absolute Gasteiger partial charge is 0.410 e. The minimum absolute atomic E-state index is 0.177. The SMILES string of the molecule is Cc1ccc(C)c(S(=O)(=O)NC2CCN(C(=O)OC(C)(C)C)CC2)c1. The van der Waals surface area contributed by atoms with Crippen molar-refractivity contribution in [1.82, 2.24) is 9.62 Å². The van der Waals surface area contributed by atoms with E-state index in [9.17, 15) is 13.2 Å². The molecule has 0 bridgehead atoms. The van der Waals surface area contributed by atoms with Crippen molar-refractivity contribution in [3.05, 3.63) is 29.3 Å². The molecule has 0 saturated carbocycles. The third-order valence-electron chi connectivity index (χ3n) is 4.10. The van der Waals surface area contributed by atoms with Gasteiger partial charge in [0.15, 0.2) is 0 Å². The van der Waals surface area contributed by atoms with Crippen LogP contribution in [-0.4, -0.2) is 44.1 Å². The molecule has 0 radical (unpaired) electrons. The summed E-state index contributed by atoms with van der Waals surface area (Å²) in [5.41, 5.74) is 1.10. The number of piperidine rings is 1. The van der Waals surface area contributed by atoms with Gasteiger partial charge < -0.3 is 9.64 Å². The summed E-state index contributed by atoms with van der Waals surface area (Å²) < 4.78 is 33.5. The lowest BCUT2D eigenvalue weighted by Crippen LogP contribution is -2.47. The second-order valence-corrected chi connectivity index (χ2v) is 9.31. The van der Waals surface area contributed by atoms with Gasteiger partial charge in [0.1, 0.15) is 5.60 Å². The molecular formula is C18H28N2O4S. The Morgan fingerprint density at radius 2 is 1.80 bits per heavy atom. The van der Waals surface area contributed by atoms with Crippen LogP contribution in [0.3, 0.4) is 0 Å². The van der Waals surface area contributed by atoms with E-state index in [2.05, 4.69) is 4.72 Å². The maximum Gasteiger partial charge on any atom is 0.410 e. The van der Waals surface area contributed by atoms with Crippen molar-refractivity contribution in [3.63, 3.8) is 0 Å². The highest BCUT2D eigenvalue weighted by Crippen LogP contribution is 2.20. The fraction of sp³-hybridized carbons (Fsp3) is 0.611. The molecule has 6 nitrogen and oxygen atoms in total. The zero-order valence-corrected chi connectivity index (χ0v) is 16.4. The maximum absolute atomic E-state index is 12.7. The number of nitrogens with zero attached hydrogens (tertiary/aromatic N) is 1. The fourth-order valence-electron chi connectivity index (χ4n) is 2.79. The molecule has 0 unspecified atom stereocenters. The summed E-state index contributed by atoms with van der Waals surface area (Å²) >= 11 is 0. The molecule has 1 aliphatic rings. The number of benzene rings is 1. The second-order valence-electron chi connectivity index (χ2n) is 7.63. The Morgan fingerprint density at radius 1 is 1.20 bits per heavy atom. The molecule has 0 aliphatic carbocycles. The molecule has 1 amide bonds. The Morgan fingerprint density at radius 3 is 2.36 bits per heavy atom. The topological polar surface area (TPSA) is 75.7 Å². The number of carbonyl (C=O) groups excluding carboxylic acids is 1. The predicted molar refractivity (Wildman–Crippen MR) is 97.1 cm³/mol. The number of aryl methyl sites for hydroxylation is 2. The third-order valence-corrected chi connectivity index (χ3v) is 5.76. The van der Waals surface area contributed by atoms with Crippen LogP contribution in [0.2, 0.25) is 0 Å². The quantitative estimate of drug-likeness (QED) is 0.890. The highest BCUT2D eigenvalue weighted by Gasteiger charge is 2.29. The third kappa shape index (κ3) is 5.44. The predicted octanol–water partition coefficient (Wildman–Crippen LogP) is 2.98. The first-order chi connectivity index (χ1) is 11.5. The van der Waals surface area contributed by atoms with Crippen molar-refractivity contribution in [2.75, 3.05) is 13.1 Å². The van der Waals surface area contributed by atoms with Gasteiger partial charge in [-0.1, -0.05) is 12.1 Å². The van der Waals surface area contributed by atoms with Crippen molar-refractivity contribution in [3.8, 4) is 0 Å². The number of nitrogens with one attached hydrogen (secondary N) is 1. The normalized spacial score (nSPS) is 16.8. The molecule has 0 aromatic heterocycles. The number of sulfonamides is 1. The van der Waals surface area contributed by atoms with Gasteiger partial charge in [0.05, 0.1) is 4.90 Å². The van der Waals surface area contributed by atoms with Gasteiger partial charge in [-0.2, -0.15) is 0 Å². The molecule has 1 aliphatic heterocycles. The maximum atomic E-state index is 12.7. The lowest BCUT2D eigenvalue weighted by Gasteiger charge is -2.33. The van der Waals surface area contributed by atoms with E-state index in [0.29, 0.717) is 30.8 Å². The van der Waals surface area contributed by atoms with Crippen LogP contribution in [0.25, 0.3) is 0 Å². The van der Waals surface area contributed by atoms with E-state index in [1.54, 1.807) is 17.9 Å². The van der Waals surface area contributed by atoms with E-state index in [4.69, 9.17) is 4.74 Å². The number of ether oxygens (including phenoxy) is 1. The Kier molecular flexibility index (Phi) is 5.79. The zero-order valence-electron chi connectivity index (χ0n) is 15.6. The zero-order chi connectivity index (χ0) is 18.8. The standard InChI is InChI=1S/C18H28N2O4S/c1-13-6-7-14(2)16(12-13)25(22,23)19-15-8-10-20(11-9-15)17(21)24-18(3,4)5/h6-7,12,15,19H,8-11H2,1-5H3. The van der Waals surface area contributed by atoms with Crippen LogP contribution in [0.4, 0.5) is 4.79 Å². The van der Waals surface area contributed by atoms with E-state index in [0.717, 1.165) is 11.1 Å². The Hall–Kier alpha value is -1.60. The number of likely N-dealkylation sites (tertiary alicyclic amines) is 1. The molecule has 1 N–H and O–H groups in total. The van der Waals surface area contributed by atoms with Gasteiger partial charge in [-0.25, -0.2) is 17.9 Å². The van der Waals surface area contributed by atoms with Gasteiger partial charge in [0.25, 0.3) is 0 Å². The summed E-state index contributed by atoms with van der Waals surface area (Å²) in [6, 6.07) is 5.22. The molecule has 2 rings (SSSR count).